The molecule has 4 aromatic heterocycles. The van der Waals surface area contributed by atoms with Gasteiger partial charge in [-0.3, -0.25) is 19.7 Å². The summed E-state index contributed by atoms with van der Waals surface area (Å²) >= 11 is 0. The number of amides is 2. The van der Waals surface area contributed by atoms with Gasteiger partial charge in [0.1, 0.15) is 5.69 Å². The standard InChI is InChI=1S/C30H26N8O2/c1-4-25(39)33-21-12-19(14-31-16-21)20-13-23-27(36-37-28(23)32-15-20)29-34-24-7-5-6-22(26(24)35-29)17-8-10-18(11-9-17)30(40)38(2)3/h5-16H,4H2,1-3H3,(H,33,39)(H,34,35)(H,32,36,37). The molecule has 0 spiro atoms. The van der Waals surface area contributed by atoms with E-state index in [4.69, 9.17) is 4.98 Å². The van der Waals surface area contributed by atoms with Crippen molar-refractivity contribution in [3.05, 3.63) is 78.8 Å². The molecule has 0 saturated carbocycles. The Balaban J connectivity index is 1.38. The lowest BCUT2D eigenvalue weighted by Gasteiger charge is -2.10. The van der Waals surface area contributed by atoms with E-state index < -0.39 is 0 Å². The van der Waals surface area contributed by atoms with Crippen molar-refractivity contribution in [2.75, 3.05) is 19.4 Å². The van der Waals surface area contributed by atoms with Crippen molar-refractivity contribution >= 4 is 39.6 Å². The Morgan fingerprint density at radius 2 is 1.75 bits per heavy atom. The van der Waals surface area contributed by atoms with E-state index in [-0.39, 0.29) is 11.8 Å². The lowest BCUT2D eigenvalue weighted by molar-refractivity contribution is -0.115. The Labute approximate surface area is 229 Å². The van der Waals surface area contributed by atoms with Crippen LogP contribution in [0.2, 0.25) is 0 Å². The summed E-state index contributed by atoms with van der Waals surface area (Å²) in [6.45, 7) is 1.80. The number of benzene rings is 2. The molecular formula is C30H26N8O2. The molecule has 10 nitrogen and oxygen atoms in total. The van der Waals surface area contributed by atoms with Crippen molar-refractivity contribution in [1.82, 2.24) is 35.0 Å². The molecule has 2 amide bonds. The molecule has 4 heterocycles. The van der Waals surface area contributed by atoms with Crippen LogP contribution in [0, 0.1) is 0 Å². The molecule has 6 aromatic rings. The topological polar surface area (TPSA) is 133 Å². The maximum absolute atomic E-state index is 12.3. The summed E-state index contributed by atoms with van der Waals surface area (Å²) in [5, 5.41) is 11.1. The van der Waals surface area contributed by atoms with Crippen LogP contribution in [0.1, 0.15) is 23.7 Å². The summed E-state index contributed by atoms with van der Waals surface area (Å²) in [5.74, 6) is 0.511. The Hall–Kier alpha value is -5.38. The van der Waals surface area contributed by atoms with Gasteiger partial charge in [-0.05, 0) is 35.9 Å². The van der Waals surface area contributed by atoms with E-state index in [9.17, 15) is 9.59 Å². The molecule has 0 aliphatic rings. The summed E-state index contributed by atoms with van der Waals surface area (Å²) in [6, 6.07) is 17.3. The number of nitrogens with zero attached hydrogens (tertiary/aromatic N) is 5. The number of nitrogens with one attached hydrogen (secondary N) is 3. The quantitative estimate of drug-likeness (QED) is 0.268. The highest BCUT2D eigenvalue weighted by Gasteiger charge is 2.17. The number of aromatic amines is 2. The monoisotopic (exact) mass is 530 g/mol. The minimum absolute atomic E-state index is 0.0425. The van der Waals surface area contributed by atoms with Gasteiger partial charge in [-0.1, -0.05) is 31.2 Å². The molecule has 0 fully saturated rings. The third kappa shape index (κ3) is 4.55. The summed E-state index contributed by atoms with van der Waals surface area (Å²) in [6.07, 6.45) is 5.47. The van der Waals surface area contributed by atoms with Gasteiger partial charge in [0, 0.05) is 55.2 Å². The third-order valence-corrected chi connectivity index (χ3v) is 6.68. The van der Waals surface area contributed by atoms with Crippen LogP contribution in [-0.4, -0.2) is 60.9 Å². The molecule has 198 valence electrons. The Bertz CT molecular complexity index is 1890. The van der Waals surface area contributed by atoms with Crippen LogP contribution >= 0.6 is 0 Å². The molecule has 2 aromatic carbocycles. The van der Waals surface area contributed by atoms with Gasteiger partial charge in [0.05, 0.1) is 28.3 Å². The first-order valence-corrected chi connectivity index (χ1v) is 12.8. The van der Waals surface area contributed by atoms with Crippen molar-refractivity contribution in [3.63, 3.8) is 0 Å². The number of carbonyl (C=O) groups is 2. The molecule has 0 saturated heterocycles. The zero-order valence-corrected chi connectivity index (χ0v) is 22.2. The molecule has 3 N–H and O–H groups in total. The predicted molar refractivity (Wildman–Crippen MR) is 155 cm³/mol. The largest absolute Gasteiger partial charge is 0.345 e. The summed E-state index contributed by atoms with van der Waals surface area (Å²) in [5.41, 5.74) is 7.76. The predicted octanol–water partition coefficient (Wildman–Crippen LogP) is 5.28. The number of imidazole rings is 1. The van der Waals surface area contributed by atoms with Gasteiger partial charge in [0.15, 0.2) is 11.5 Å². The van der Waals surface area contributed by atoms with Crippen LogP contribution in [0.4, 0.5) is 5.69 Å². The fourth-order valence-electron chi connectivity index (χ4n) is 4.59. The Kier molecular flexibility index (Phi) is 6.27. The van der Waals surface area contributed by atoms with Gasteiger partial charge in [-0.15, -0.1) is 0 Å². The SMILES string of the molecule is CCC(=O)Nc1cncc(-c2cnc3n[nH]c(-c4nc5c(-c6ccc(C(=O)N(C)C)cc6)cccc5[nH]4)c3c2)c1. The van der Waals surface area contributed by atoms with Crippen LogP contribution in [0.15, 0.2) is 73.2 Å². The first-order chi connectivity index (χ1) is 19.4. The molecule has 0 atom stereocenters. The van der Waals surface area contributed by atoms with E-state index >= 15 is 0 Å². The molecule has 0 radical (unpaired) electrons. The molecule has 6 rings (SSSR count). The zero-order valence-electron chi connectivity index (χ0n) is 22.2. The molecule has 0 bridgehead atoms. The first kappa shape index (κ1) is 24.9. The van der Waals surface area contributed by atoms with Gasteiger partial charge in [0.25, 0.3) is 5.91 Å². The summed E-state index contributed by atoms with van der Waals surface area (Å²) < 4.78 is 0. The van der Waals surface area contributed by atoms with Crippen LogP contribution in [0.3, 0.4) is 0 Å². The van der Waals surface area contributed by atoms with Crippen molar-refractivity contribution in [2.24, 2.45) is 0 Å². The number of aromatic nitrogens is 6. The highest BCUT2D eigenvalue weighted by atomic mass is 16.2. The fraction of sp³-hybridized carbons (Fsp3) is 0.133. The minimum atomic E-state index is -0.0769. The van der Waals surface area contributed by atoms with E-state index in [1.165, 1.54) is 0 Å². The van der Waals surface area contributed by atoms with E-state index in [1.54, 1.807) is 44.5 Å². The molecule has 0 aliphatic heterocycles. The fourth-order valence-corrected chi connectivity index (χ4v) is 4.59. The highest BCUT2D eigenvalue weighted by Crippen LogP contribution is 2.33. The van der Waals surface area contributed by atoms with Crippen LogP contribution < -0.4 is 5.32 Å². The van der Waals surface area contributed by atoms with Crippen molar-refractivity contribution in [3.8, 4) is 33.8 Å². The van der Waals surface area contributed by atoms with E-state index in [0.29, 0.717) is 34.8 Å². The number of pyridine rings is 2. The van der Waals surface area contributed by atoms with Crippen LogP contribution in [0.5, 0.6) is 0 Å². The summed E-state index contributed by atoms with van der Waals surface area (Å²) in [7, 11) is 3.47. The average Bonchev–Trinajstić information content (AvgIpc) is 3.60. The number of carbonyl (C=O) groups excluding carboxylic acids is 2. The number of hydrogen-bond donors (Lipinski definition) is 3. The highest BCUT2D eigenvalue weighted by molar-refractivity contribution is 5.99. The summed E-state index contributed by atoms with van der Waals surface area (Å²) in [4.78, 5) is 42.9. The number of fused-ring (bicyclic) bond motifs is 2. The molecule has 10 heteroatoms. The first-order valence-electron chi connectivity index (χ1n) is 12.8. The van der Waals surface area contributed by atoms with Crippen LogP contribution in [0.25, 0.3) is 55.8 Å². The number of anilines is 1. The number of hydrogen-bond acceptors (Lipinski definition) is 6. The zero-order chi connectivity index (χ0) is 27.8. The maximum Gasteiger partial charge on any atom is 0.253 e. The van der Waals surface area contributed by atoms with Crippen molar-refractivity contribution in [2.45, 2.75) is 13.3 Å². The van der Waals surface area contributed by atoms with Crippen molar-refractivity contribution in [1.29, 1.82) is 0 Å². The lowest BCUT2D eigenvalue weighted by Crippen LogP contribution is -2.21. The minimum Gasteiger partial charge on any atom is -0.345 e. The normalized spacial score (nSPS) is 11.2. The molecular weight excluding hydrogens is 504 g/mol. The van der Waals surface area contributed by atoms with E-state index in [2.05, 4.69) is 30.5 Å². The van der Waals surface area contributed by atoms with Gasteiger partial charge in [-0.25, -0.2) is 9.97 Å². The van der Waals surface area contributed by atoms with Crippen molar-refractivity contribution < 1.29 is 9.59 Å². The van der Waals surface area contributed by atoms with E-state index in [1.807, 2.05) is 54.6 Å². The average molecular weight is 531 g/mol. The maximum atomic E-state index is 12.3. The van der Waals surface area contributed by atoms with Crippen LogP contribution in [-0.2, 0) is 4.79 Å². The van der Waals surface area contributed by atoms with E-state index in [0.717, 1.165) is 38.7 Å². The van der Waals surface area contributed by atoms with Gasteiger partial charge >= 0.3 is 0 Å². The lowest BCUT2D eigenvalue weighted by atomic mass is 10.0. The molecule has 0 aliphatic carbocycles. The second-order valence-electron chi connectivity index (χ2n) is 9.62. The number of H-pyrrole nitrogens is 2. The second kappa shape index (κ2) is 10.1. The van der Waals surface area contributed by atoms with Gasteiger partial charge < -0.3 is 15.2 Å². The Morgan fingerprint density at radius 3 is 2.52 bits per heavy atom. The van der Waals surface area contributed by atoms with Gasteiger partial charge in [0.2, 0.25) is 5.91 Å². The van der Waals surface area contributed by atoms with Gasteiger partial charge in [-0.2, -0.15) is 5.10 Å². The second-order valence-corrected chi connectivity index (χ2v) is 9.62. The number of rotatable bonds is 6. The Morgan fingerprint density at radius 1 is 0.950 bits per heavy atom. The third-order valence-electron chi connectivity index (χ3n) is 6.68. The smallest absolute Gasteiger partial charge is 0.253 e. The molecule has 40 heavy (non-hydrogen) atoms. The number of para-hydroxylation sites is 1. The molecule has 0 unspecified atom stereocenters.